The summed E-state index contributed by atoms with van der Waals surface area (Å²) in [5, 5.41) is 9.39. The molecule has 2 heterocycles. The van der Waals surface area contributed by atoms with Crippen molar-refractivity contribution in [3.05, 3.63) is 64.7 Å². The van der Waals surface area contributed by atoms with Gasteiger partial charge >= 0.3 is 6.18 Å². The highest BCUT2D eigenvalue weighted by Gasteiger charge is 2.35. The molecule has 154 valence electrons. The molecule has 0 aliphatic heterocycles. The van der Waals surface area contributed by atoms with E-state index in [1.54, 1.807) is 0 Å². The van der Waals surface area contributed by atoms with Gasteiger partial charge < -0.3 is 5.32 Å². The van der Waals surface area contributed by atoms with Gasteiger partial charge in [-0.2, -0.15) is 23.4 Å². The molecule has 1 aromatic carbocycles. The van der Waals surface area contributed by atoms with Crippen LogP contribution in [0.15, 0.2) is 24.5 Å². The van der Waals surface area contributed by atoms with Gasteiger partial charge in [0, 0.05) is 30.9 Å². The average molecular weight is 421 g/mol. The largest absolute Gasteiger partial charge is 0.433 e. The number of rotatable bonds is 4. The van der Waals surface area contributed by atoms with Crippen molar-refractivity contribution in [1.82, 2.24) is 19.6 Å². The number of carbonyl (C=O) groups is 1. The van der Waals surface area contributed by atoms with Crippen LogP contribution >= 0.6 is 0 Å². The van der Waals surface area contributed by atoms with E-state index in [0.29, 0.717) is 10.7 Å². The fourth-order valence-corrected chi connectivity index (χ4v) is 2.46. The third kappa shape index (κ3) is 4.07. The van der Waals surface area contributed by atoms with Crippen molar-refractivity contribution in [3.63, 3.8) is 0 Å². The number of aryl methyl sites for hydroxylation is 1. The van der Waals surface area contributed by atoms with E-state index in [-0.39, 0.29) is 11.8 Å². The second-order valence-corrected chi connectivity index (χ2v) is 5.86. The monoisotopic (exact) mass is 421 g/mol. The van der Waals surface area contributed by atoms with Crippen LogP contribution in [0.1, 0.15) is 21.7 Å². The molecular weight excluding hydrogens is 411 g/mol. The molecule has 3 aromatic rings. The minimum absolute atomic E-state index is 0.0300. The molecule has 29 heavy (non-hydrogen) atoms. The van der Waals surface area contributed by atoms with Crippen LogP contribution in [0, 0.1) is 23.3 Å². The molecule has 13 heteroatoms. The molecule has 1 amide bonds. The topological polar surface area (TPSA) is 64.7 Å². The van der Waals surface area contributed by atoms with Crippen LogP contribution in [-0.4, -0.2) is 25.5 Å². The van der Waals surface area contributed by atoms with Gasteiger partial charge in [-0.3, -0.25) is 14.2 Å². The summed E-state index contributed by atoms with van der Waals surface area (Å²) in [6.07, 6.45) is -2.57. The lowest BCUT2D eigenvalue weighted by molar-refractivity contribution is -0.143. The second kappa shape index (κ2) is 7.22. The summed E-state index contributed by atoms with van der Waals surface area (Å²) in [6, 6.07) is 0.727. The first-order valence-electron chi connectivity index (χ1n) is 7.74. The molecule has 2 aromatic heterocycles. The van der Waals surface area contributed by atoms with Crippen molar-refractivity contribution in [2.45, 2.75) is 12.7 Å². The maximum Gasteiger partial charge on any atom is 0.433 e. The van der Waals surface area contributed by atoms with E-state index in [4.69, 9.17) is 0 Å². The Hall–Kier alpha value is -3.38. The van der Waals surface area contributed by atoms with E-state index in [0.717, 1.165) is 24.1 Å². The van der Waals surface area contributed by atoms with Crippen LogP contribution in [0.2, 0.25) is 0 Å². The van der Waals surface area contributed by atoms with Gasteiger partial charge in [0.25, 0.3) is 5.91 Å². The zero-order valence-electron chi connectivity index (χ0n) is 14.4. The third-order valence-electron chi connectivity index (χ3n) is 3.82. The van der Waals surface area contributed by atoms with Crippen LogP contribution in [0.3, 0.4) is 0 Å². The molecule has 0 unspecified atom stereocenters. The number of halogens is 7. The van der Waals surface area contributed by atoms with Crippen LogP contribution in [0.5, 0.6) is 0 Å². The minimum atomic E-state index is -4.70. The van der Waals surface area contributed by atoms with E-state index in [1.165, 1.54) is 0 Å². The summed E-state index contributed by atoms with van der Waals surface area (Å²) in [5.41, 5.74) is -2.49. The summed E-state index contributed by atoms with van der Waals surface area (Å²) >= 11 is 0. The number of nitrogens with zero attached hydrogens (tertiary/aromatic N) is 4. The Morgan fingerprint density at radius 1 is 1.10 bits per heavy atom. The molecule has 0 fully saturated rings. The number of hydrogen-bond acceptors (Lipinski definition) is 3. The van der Waals surface area contributed by atoms with Gasteiger partial charge in [0.15, 0.2) is 23.1 Å². The van der Waals surface area contributed by atoms with Crippen molar-refractivity contribution < 1.29 is 35.5 Å². The maximum absolute atomic E-state index is 13.7. The predicted octanol–water partition coefficient (Wildman–Crippen LogP) is 3.49. The van der Waals surface area contributed by atoms with Gasteiger partial charge in [-0.25, -0.2) is 17.6 Å². The molecule has 0 spiro atoms. The molecule has 1 N–H and O–H groups in total. The first-order chi connectivity index (χ1) is 13.5. The van der Waals surface area contributed by atoms with E-state index >= 15 is 0 Å². The van der Waals surface area contributed by atoms with Gasteiger partial charge in [0.1, 0.15) is 11.5 Å². The maximum atomic E-state index is 13.7. The number of hydrogen-bond donors (Lipinski definition) is 1. The fourth-order valence-electron chi connectivity index (χ4n) is 2.46. The smallest absolute Gasteiger partial charge is 0.318 e. The molecule has 6 nitrogen and oxygen atoms in total. The van der Waals surface area contributed by atoms with Crippen LogP contribution < -0.4 is 5.32 Å². The van der Waals surface area contributed by atoms with Crippen molar-refractivity contribution in [1.29, 1.82) is 0 Å². The van der Waals surface area contributed by atoms with Crippen LogP contribution in [-0.2, 0) is 19.8 Å². The standard InChI is InChI=1S/C16H10F7N5O/c1-27-12(16(21,22)23)3-11(26-27)15(29)25-7-4-24-28(5-7)6-8-9(17)2-10(18)14(20)13(8)19/h2-5H,6H2,1H3,(H,25,29). The van der Waals surface area contributed by atoms with Gasteiger partial charge in [0.05, 0.1) is 18.4 Å². The first-order valence-corrected chi connectivity index (χ1v) is 7.74. The lowest BCUT2D eigenvalue weighted by Crippen LogP contribution is -2.13. The van der Waals surface area contributed by atoms with Crippen molar-refractivity contribution in [3.8, 4) is 0 Å². The average Bonchev–Trinajstić information content (AvgIpc) is 3.23. The van der Waals surface area contributed by atoms with Gasteiger partial charge in [-0.05, 0) is 0 Å². The minimum Gasteiger partial charge on any atom is -0.318 e. The molecule has 0 aliphatic carbocycles. The van der Waals surface area contributed by atoms with Crippen molar-refractivity contribution in [2.75, 3.05) is 5.32 Å². The number of carbonyl (C=O) groups excluding carboxylic acids is 1. The highest BCUT2D eigenvalue weighted by molar-refractivity contribution is 6.02. The lowest BCUT2D eigenvalue weighted by atomic mass is 10.2. The number of benzene rings is 1. The number of amides is 1. The quantitative estimate of drug-likeness (QED) is 0.399. The molecule has 0 bridgehead atoms. The molecule has 0 saturated carbocycles. The zero-order valence-corrected chi connectivity index (χ0v) is 14.4. The van der Waals surface area contributed by atoms with Crippen LogP contribution in [0.25, 0.3) is 0 Å². The van der Waals surface area contributed by atoms with E-state index in [2.05, 4.69) is 15.5 Å². The molecule has 0 atom stereocenters. The highest BCUT2D eigenvalue weighted by Crippen LogP contribution is 2.29. The first kappa shape index (κ1) is 20.4. The summed E-state index contributed by atoms with van der Waals surface area (Å²) in [6.45, 7) is -0.632. The highest BCUT2D eigenvalue weighted by atomic mass is 19.4. The molecular formula is C16H10F7N5O. The second-order valence-electron chi connectivity index (χ2n) is 5.86. The van der Waals surface area contributed by atoms with Gasteiger partial charge in [-0.15, -0.1) is 0 Å². The number of anilines is 1. The Morgan fingerprint density at radius 3 is 2.41 bits per heavy atom. The van der Waals surface area contributed by atoms with E-state index < -0.39 is 58.8 Å². The Balaban J connectivity index is 1.76. The van der Waals surface area contributed by atoms with Gasteiger partial charge in [0.2, 0.25) is 0 Å². The van der Waals surface area contributed by atoms with Crippen molar-refractivity contribution >= 4 is 11.6 Å². The summed E-state index contributed by atoms with van der Waals surface area (Å²) < 4.78 is 93.3. The Morgan fingerprint density at radius 2 is 1.79 bits per heavy atom. The number of alkyl halides is 3. The Labute approximate surface area is 157 Å². The lowest BCUT2D eigenvalue weighted by Gasteiger charge is -2.06. The third-order valence-corrected chi connectivity index (χ3v) is 3.82. The van der Waals surface area contributed by atoms with Crippen molar-refractivity contribution in [2.24, 2.45) is 7.05 Å². The zero-order chi connectivity index (χ0) is 21.5. The number of aromatic nitrogens is 4. The summed E-state index contributed by atoms with van der Waals surface area (Å²) in [7, 11) is 1.02. The predicted molar refractivity (Wildman–Crippen MR) is 83.8 cm³/mol. The fraction of sp³-hybridized carbons (Fsp3) is 0.188. The molecule has 3 rings (SSSR count). The Kier molecular flexibility index (Phi) is 5.07. The van der Waals surface area contributed by atoms with Gasteiger partial charge in [-0.1, -0.05) is 0 Å². The molecule has 0 aliphatic rings. The van der Waals surface area contributed by atoms with Crippen LogP contribution in [0.4, 0.5) is 36.4 Å². The molecule has 0 saturated heterocycles. The SMILES string of the molecule is Cn1nc(C(=O)Nc2cnn(Cc3c(F)cc(F)c(F)c3F)c2)cc1C(F)(F)F. The normalized spacial score (nSPS) is 11.7. The van der Waals surface area contributed by atoms with E-state index in [9.17, 15) is 35.5 Å². The Bertz CT molecular complexity index is 1090. The summed E-state index contributed by atoms with van der Waals surface area (Å²) in [4.78, 5) is 12.1. The van der Waals surface area contributed by atoms with E-state index in [1.807, 2.05) is 0 Å². The number of nitrogens with one attached hydrogen (secondary N) is 1. The molecule has 0 radical (unpaired) electrons. The summed E-state index contributed by atoms with van der Waals surface area (Å²) in [5.74, 6) is -7.59.